The third-order valence-electron chi connectivity index (χ3n) is 4.66. The second-order valence-electron chi connectivity index (χ2n) is 6.39. The van der Waals surface area contributed by atoms with E-state index in [1.54, 1.807) is 23.8 Å². The van der Waals surface area contributed by atoms with Crippen molar-refractivity contribution in [1.82, 2.24) is 14.7 Å². The standard InChI is InChI=1S/C15H29N3O3/c1-6-18(10-12(2)13(19)20)14(21)17(5)11-15(16(3)4)8-7-9-15/h12H,6-11H2,1-5H3,(H,19,20). The van der Waals surface area contributed by atoms with Gasteiger partial charge in [-0.1, -0.05) is 6.92 Å². The Morgan fingerprint density at radius 1 is 1.24 bits per heavy atom. The first-order valence-corrected chi connectivity index (χ1v) is 7.64. The van der Waals surface area contributed by atoms with Crippen LogP contribution in [0.5, 0.6) is 0 Å². The summed E-state index contributed by atoms with van der Waals surface area (Å²) in [5.74, 6) is -1.42. The number of carboxylic acid groups (broad SMARTS) is 1. The van der Waals surface area contributed by atoms with Crippen molar-refractivity contribution in [2.24, 2.45) is 5.92 Å². The molecule has 6 heteroatoms. The number of amides is 2. The molecule has 1 aliphatic carbocycles. The molecule has 21 heavy (non-hydrogen) atoms. The summed E-state index contributed by atoms with van der Waals surface area (Å²) < 4.78 is 0. The second-order valence-corrected chi connectivity index (χ2v) is 6.39. The van der Waals surface area contributed by atoms with Crippen LogP contribution in [-0.4, -0.2) is 78.1 Å². The Labute approximate surface area is 127 Å². The molecule has 1 N–H and O–H groups in total. The maximum absolute atomic E-state index is 12.5. The molecule has 2 amide bonds. The third kappa shape index (κ3) is 4.09. The highest BCUT2D eigenvalue weighted by molar-refractivity contribution is 5.76. The van der Waals surface area contributed by atoms with Crippen LogP contribution in [0.2, 0.25) is 0 Å². The van der Waals surface area contributed by atoms with E-state index >= 15 is 0 Å². The summed E-state index contributed by atoms with van der Waals surface area (Å²) in [4.78, 5) is 29.0. The van der Waals surface area contributed by atoms with Gasteiger partial charge < -0.3 is 19.8 Å². The van der Waals surface area contributed by atoms with E-state index in [1.165, 1.54) is 6.42 Å². The highest BCUT2D eigenvalue weighted by atomic mass is 16.4. The largest absolute Gasteiger partial charge is 0.481 e. The first-order valence-electron chi connectivity index (χ1n) is 7.64. The molecule has 0 aromatic carbocycles. The fraction of sp³-hybridized carbons (Fsp3) is 0.867. The molecule has 122 valence electrons. The molecule has 1 rings (SSSR count). The van der Waals surface area contributed by atoms with E-state index in [2.05, 4.69) is 19.0 Å². The highest BCUT2D eigenvalue weighted by Crippen LogP contribution is 2.36. The van der Waals surface area contributed by atoms with Gasteiger partial charge in [0, 0.05) is 32.2 Å². The number of urea groups is 1. The molecular weight excluding hydrogens is 270 g/mol. The van der Waals surface area contributed by atoms with Crippen LogP contribution in [0.3, 0.4) is 0 Å². The third-order valence-corrected chi connectivity index (χ3v) is 4.66. The number of hydrogen-bond donors (Lipinski definition) is 1. The molecule has 0 aromatic heterocycles. The van der Waals surface area contributed by atoms with Crippen molar-refractivity contribution in [2.45, 2.75) is 38.6 Å². The summed E-state index contributed by atoms with van der Waals surface area (Å²) in [6.07, 6.45) is 3.41. The first-order chi connectivity index (χ1) is 9.73. The number of likely N-dealkylation sites (N-methyl/N-ethyl adjacent to an activating group) is 2. The molecule has 0 spiro atoms. The molecule has 0 bridgehead atoms. The van der Waals surface area contributed by atoms with Crippen LogP contribution in [0.4, 0.5) is 4.79 Å². The van der Waals surface area contributed by atoms with Gasteiger partial charge in [-0.05, 0) is 40.3 Å². The maximum Gasteiger partial charge on any atom is 0.319 e. The highest BCUT2D eigenvalue weighted by Gasteiger charge is 2.41. The lowest BCUT2D eigenvalue weighted by Gasteiger charge is -2.49. The predicted octanol–water partition coefficient (Wildman–Crippen LogP) is 1.57. The predicted molar refractivity (Wildman–Crippen MR) is 82.3 cm³/mol. The van der Waals surface area contributed by atoms with E-state index in [1.807, 2.05) is 6.92 Å². The SMILES string of the molecule is CCN(CC(C)C(=O)O)C(=O)N(C)CC1(N(C)C)CCC1. The number of carboxylic acids is 1. The molecule has 6 nitrogen and oxygen atoms in total. The summed E-state index contributed by atoms with van der Waals surface area (Å²) in [6.45, 7) is 4.98. The topological polar surface area (TPSA) is 64.1 Å². The van der Waals surface area contributed by atoms with Crippen LogP contribution in [0, 0.1) is 5.92 Å². The number of carbonyl (C=O) groups is 2. The fourth-order valence-electron chi connectivity index (χ4n) is 2.83. The molecule has 0 radical (unpaired) electrons. The van der Waals surface area contributed by atoms with Crippen molar-refractivity contribution < 1.29 is 14.7 Å². The monoisotopic (exact) mass is 299 g/mol. The lowest BCUT2D eigenvalue weighted by molar-refractivity contribution is -0.141. The average molecular weight is 299 g/mol. The van der Waals surface area contributed by atoms with E-state index in [0.717, 1.165) is 12.8 Å². The summed E-state index contributed by atoms with van der Waals surface area (Å²) in [6, 6.07) is -0.0845. The van der Waals surface area contributed by atoms with Crippen molar-refractivity contribution >= 4 is 12.0 Å². The number of aliphatic carboxylic acids is 1. The van der Waals surface area contributed by atoms with Gasteiger partial charge in [0.15, 0.2) is 0 Å². The molecule has 0 aromatic rings. The van der Waals surface area contributed by atoms with Gasteiger partial charge in [0.25, 0.3) is 0 Å². The zero-order chi connectivity index (χ0) is 16.2. The van der Waals surface area contributed by atoms with Crippen LogP contribution in [0.25, 0.3) is 0 Å². The Hall–Kier alpha value is -1.30. The van der Waals surface area contributed by atoms with E-state index in [4.69, 9.17) is 5.11 Å². The molecule has 1 atom stereocenters. The van der Waals surface area contributed by atoms with Crippen molar-refractivity contribution in [2.75, 3.05) is 40.8 Å². The molecule has 0 aliphatic heterocycles. The zero-order valence-electron chi connectivity index (χ0n) is 13.9. The summed E-state index contributed by atoms with van der Waals surface area (Å²) >= 11 is 0. The Bertz CT molecular complexity index is 380. The van der Waals surface area contributed by atoms with Crippen molar-refractivity contribution in [3.05, 3.63) is 0 Å². The van der Waals surface area contributed by atoms with Crippen LogP contribution < -0.4 is 0 Å². The van der Waals surface area contributed by atoms with Crippen LogP contribution in [0.1, 0.15) is 33.1 Å². The fourth-order valence-corrected chi connectivity index (χ4v) is 2.83. The number of carbonyl (C=O) groups excluding carboxylic acids is 1. The minimum atomic E-state index is -0.868. The molecule has 1 unspecified atom stereocenters. The molecule has 1 fully saturated rings. The first kappa shape index (κ1) is 17.8. The zero-order valence-corrected chi connectivity index (χ0v) is 13.9. The lowest BCUT2D eigenvalue weighted by Crippen LogP contribution is -2.59. The van der Waals surface area contributed by atoms with Gasteiger partial charge in [0.05, 0.1) is 5.92 Å². The molecule has 0 saturated heterocycles. The quantitative estimate of drug-likeness (QED) is 0.775. The summed E-state index contributed by atoms with van der Waals surface area (Å²) in [5, 5.41) is 8.99. The van der Waals surface area contributed by atoms with Crippen LogP contribution in [0.15, 0.2) is 0 Å². The molecular formula is C15H29N3O3. The normalized spacial score (nSPS) is 18.0. The van der Waals surface area contributed by atoms with Crippen LogP contribution in [-0.2, 0) is 4.79 Å². The molecule has 1 saturated carbocycles. The Kier molecular flexibility index (Phi) is 6.01. The summed E-state index contributed by atoms with van der Waals surface area (Å²) in [7, 11) is 5.92. The van der Waals surface area contributed by atoms with Gasteiger partial charge in [-0.3, -0.25) is 4.79 Å². The second kappa shape index (κ2) is 7.11. The van der Waals surface area contributed by atoms with Crippen molar-refractivity contribution in [3.8, 4) is 0 Å². The van der Waals surface area contributed by atoms with E-state index in [-0.39, 0.29) is 18.1 Å². The number of hydrogen-bond acceptors (Lipinski definition) is 3. The minimum Gasteiger partial charge on any atom is -0.481 e. The molecule has 1 aliphatic rings. The number of rotatable bonds is 7. The minimum absolute atomic E-state index is 0.0845. The van der Waals surface area contributed by atoms with Crippen molar-refractivity contribution in [3.63, 3.8) is 0 Å². The summed E-state index contributed by atoms with van der Waals surface area (Å²) in [5.41, 5.74) is 0.0856. The van der Waals surface area contributed by atoms with Gasteiger partial charge in [-0.2, -0.15) is 0 Å². The smallest absolute Gasteiger partial charge is 0.319 e. The number of nitrogens with zero attached hydrogens (tertiary/aromatic N) is 3. The van der Waals surface area contributed by atoms with Gasteiger partial charge in [-0.25, -0.2) is 4.79 Å². The Balaban J connectivity index is 2.64. The average Bonchev–Trinajstić information content (AvgIpc) is 2.37. The molecule has 0 heterocycles. The van der Waals surface area contributed by atoms with E-state index in [9.17, 15) is 9.59 Å². The van der Waals surface area contributed by atoms with Gasteiger partial charge in [0.2, 0.25) is 0 Å². The van der Waals surface area contributed by atoms with E-state index < -0.39 is 11.9 Å². The maximum atomic E-state index is 12.5. The van der Waals surface area contributed by atoms with Gasteiger partial charge in [0.1, 0.15) is 0 Å². The Morgan fingerprint density at radius 2 is 1.81 bits per heavy atom. The van der Waals surface area contributed by atoms with Crippen molar-refractivity contribution in [1.29, 1.82) is 0 Å². The van der Waals surface area contributed by atoms with Crippen LogP contribution >= 0.6 is 0 Å². The van der Waals surface area contributed by atoms with E-state index in [0.29, 0.717) is 13.1 Å². The lowest BCUT2D eigenvalue weighted by atomic mass is 9.75. The Morgan fingerprint density at radius 3 is 2.14 bits per heavy atom. The van der Waals surface area contributed by atoms with Gasteiger partial charge >= 0.3 is 12.0 Å². The van der Waals surface area contributed by atoms with Gasteiger partial charge in [-0.15, -0.1) is 0 Å².